The first-order chi connectivity index (χ1) is 11.9. The number of rotatable bonds is 4. The molecule has 5 heteroatoms. The minimum atomic E-state index is -4.78. The Kier molecular flexibility index (Phi) is 3.28. The number of hydrogen-bond donors (Lipinski definition) is 0. The van der Waals surface area contributed by atoms with Crippen molar-refractivity contribution in [1.82, 2.24) is 0 Å². The first kappa shape index (κ1) is 16.0. The molecule has 0 aromatic carbocycles. The zero-order valence-electron chi connectivity index (χ0n) is 15.0. The molecule has 0 radical (unpaired) electrons. The summed E-state index contributed by atoms with van der Waals surface area (Å²) in [5.74, 6) is 4.16. The molecule has 0 atom stereocenters. The van der Waals surface area contributed by atoms with E-state index in [0.29, 0.717) is 35.5 Å². The molecule has 0 N–H and O–H groups in total. The van der Waals surface area contributed by atoms with Crippen molar-refractivity contribution in [2.24, 2.45) is 35.5 Å². The van der Waals surface area contributed by atoms with Gasteiger partial charge in [0.05, 0.1) is 0 Å². The molecule has 8 bridgehead atoms. The van der Waals surface area contributed by atoms with E-state index in [0.717, 1.165) is 38.5 Å². The van der Waals surface area contributed by atoms with Gasteiger partial charge in [0.2, 0.25) is 0 Å². The molecule has 8 saturated carbocycles. The van der Waals surface area contributed by atoms with Crippen molar-refractivity contribution < 1.29 is 28.8 Å². The summed E-state index contributed by atoms with van der Waals surface area (Å²) < 4.78 is 38.1. The van der Waals surface area contributed by atoms with Crippen LogP contribution in [0.1, 0.15) is 77.0 Å². The molecule has 0 unspecified atom stereocenters. The van der Waals surface area contributed by atoms with E-state index < -0.39 is 24.8 Å². The molecule has 8 aliphatic carbocycles. The van der Waals surface area contributed by atoms with Crippen molar-refractivity contribution in [2.45, 2.75) is 88.3 Å². The van der Waals surface area contributed by atoms with E-state index in [9.17, 15) is 7.61 Å². The third-order valence-electron chi connectivity index (χ3n) is 8.52. The predicted octanol–water partition coefficient (Wildman–Crippen LogP) is 4.63. The molecule has 8 rings (SSSR count). The van der Waals surface area contributed by atoms with Crippen LogP contribution in [0.3, 0.4) is 0 Å². The van der Waals surface area contributed by atoms with Crippen molar-refractivity contribution in [3.8, 4) is 0 Å². The molecule has 8 fully saturated rings. The standard InChI is InChI=1S/2C10H15O.Cr.2O/c2*11-10-4-7-1-8(5-10)3-9(2-7)6-10;;;/h2*7-9H,1-6H2;;;/q2*-1;+2;;. The van der Waals surface area contributed by atoms with Crippen LogP contribution in [0.5, 0.6) is 0 Å². The van der Waals surface area contributed by atoms with Crippen molar-refractivity contribution in [1.29, 1.82) is 0 Å². The first-order valence-electron chi connectivity index (χ1n) is 10.5. The van der Waals surface area contributed by atoms with Crippen LogP contribution in [0.15, 0.2) is 0 Å². The molecule has 4 nitrogen and oxygen atoms in total. The molecular formula is C20H30CrO4. The van der Waals surface area contributed by atoms with E-state index in [1.54, 1.807) is 0 Å². The van der Waals surface area contributed by atoms with Crippen LogP contribution in [0.25, 0.3) is 0 Å². The Bertz CT molecular complexity index is 559. The van der Waals surface area contributed by atoms with Gasteiger partial charge in [-0.05, 0) is 0 Å². The fourth-order valence-electron chi connectivity index (χ4n) is 8.72. The van der Waals surface area contributed by atoms with E-state index in [1.807, 2.05) is 0 Å². The third kappa shape index (κ3) is 2.68. The second-order valence-corrected chi connectivity index (χ2v) is 12.6. The summed E-state index contributed by atoms with van der Waals surface area (Å²) in [6.07, 6.45) is 13.5. The zero-order valence-corrected chi connectivity index (χ0v) is 16.3. The monoisotopic (exact) mass is 386 g/mol. The van der Waals surface area contributed by atoms with Crippen LogP contribution in [-0.2, 0) is 28.8 Å². The Hall–Kier alpha value is 0.0525. The van der Waals surface area contributed by atoms with Gasteiger partial charge in [0.25, 0.3) is 0 Å². The normalized spacial score (nSPS) is 55.8. The van der Waals surface area contributed by atoms with Crippen LogP contribution < -0.4 is 0 Å². The fourth-order valence-corrected chi connectivity index (χ4v) is 10.8. The van der Waals surface area contributed by atoms with Gasteiger partial charge in [0, 0.05) is 0 Å². The van der Waals surface area contributed by atoms with Crippen molar-refractivity contribution >= 4 is 0 Å². The van der Waals surface area contributed by atoms with Crippen molar-refractivity contribution in [3.05, 3.63) is 0 Å². The van der Waals surface area contributed by atoms with Crippen LogP contribution in [0.4, 0.5) is 0 Å². The minimum absolute atomic E-state index is 0.402. The van der Waals surface area contributed by atoms with E-state index in [2.05, 4.69) is 0 Å². The molecule has 8 aliphatic rings. The number of hydrogen-bond acceptors (Lipinski definition) is 4. The summed E-state index contributed by atoms with van der Waals surface area (Å²) in [6, 6.07) is 0. The van der Waals surface area contributed by atoms with Gasteiger partial charge in [0.1, 0.15) is 0 Å². The Morgan fingerprint density at radius 3 is 1.00 bits per heavy atom. The average molecular weight is 386 g/mol. The van der Waals surface area contributed by atoms with Crippen LogP contribution in [-0.4, -0.2) is 11.2 Å². The van der Waals surface area contributed by atoms with Gasteiger partial charge in [-0.2, -0.15) is 0 Å². The molecule has 0 saturated heterocycles. The summed E-state index contributed by atoms with van der Waals surface area (Å²) in [5, 5.41) is 0. The Labute approximate surface area is 152 Å². The van der Waals surface area contributed by atoms with Gasteiger partial charge in [-0.25, -0.2) is 0 Å². The van der Waals surface area contributed by atoms with Gasteiger partial charge in [-0.15, -0.1) is 0 Å². The summed E-state index contributed by atoms with van der Waals surface area (Å²) in [7, 11) is 0. The Morgan fingerprint density at radius 1 is 0.520 bits per heavy atom. The molecule has 0 amide bonds. The summed E-state index contributed by atoms with van der Waals surface area (Å²) >= 11 is -4.78. The van der Waals surface area contributed by atoms with E-state index in [1.165, 1.54) is 38.5 Å². The Balaban J connectivity index is 1.22. The molecule has 0 aliphatic heterocycles. The van der Waals surface area contributed by atoms with E-state index in [4.69, 9.17) is 7.58 Å². The second-order valence-electron chi connectivity index (χ2n) is 10.8. The summed E-state index contributed by atoms with van der Waals surface area (Å²) in [6.45, 7) is 0. The maximum absolute atomic E-state index is 13.0. The van der Waals surface area contributed by atoms with Gasteiger partial charge >= 0.3 is 153 Å². The first-order valence-corrected chi connectivity index (χ1v) is 12.6. The Morgan fingerprint density at radius 2 is 0.760 bits per heavy atom. The quantitative estimate of drug-likeness (QED) is 0.707. The average Bonchev–Trinajstić information content (AvgIpc) is 2.40. The summed E-state index contributed by atoms with van der Waals surface area (Å²) in [4.78, 5) is 0. The van der Waals surface area contributed by atoms with Crippen LogP contribution in [0, 0.1) is 35.5 Å². The van der Waals surface area contributed by atoms with Gasteiger partial charge < -0.3 is 0 Å². The molecule has 0 aromatic rings. The molecule has 0 aromatic heterocycles. The van der Waals surface area contributed by atoms with Crippen molar-refractivity contribution in [2.75, 3.05) is 0 Å². The van der Waals surface area contributed by atoms with Gasteiger partial charge in [-0.1, -0.05) is 0 Å². The molecular weight excluding hydrogens is 356 g/mol. The topological polar surface area (TPSA) is 52.6 Å². The molecule has 140 valence electrons. The third-order valence-corrected chi connectivity index (χ3v) is 10.3. The van der Waals surface area contributed by atoms with Crippen LogP contribution in [0.2, 0.25) is 0 Å². The SMILES string of the molecule is [O]=[Cr](=[O])([O]C12CC3CC(CC(C3)C1)C2)[O]C12CC3CC(CC(C3)C1)C2. The maximum atomic E-state index is 13.0. The fraction of sp³-hybridized carbons (Fsp3) is 1.00. The van der Waals surface area contributed by atoms with Crippen LogP contribution >= 0.6 is 0 Å². The molecule has 25 heavy (non-hydrogen) atoms. The predicted molar refractivity (Wildman–Crippen MR) is 85.3 cm³/mol. The van der Waals surface area contributed by atoms with Gasteiger partial charge in [-0.3, -0.25) is 0 Å². The zero-order chi connectivity index (χ0) is 16.9. The van der Waals surface area contributed by atoms with E-state index >= 15 is 0 Å². The van der Waals surface area contributed by atoms with Crippen molar-refractivity contribution in [3.63, 3.8) is 0 Å². The van der Waals surface area contributed by atoms with E-state index in [-0.39, 0.29) is 0 Å². The second kappa shape index (κ2) is 5.10. The molecule has 0 heterocycles. The van der Waals surface area contributed by atoms with Gasteiger partial charge in [0.15, 0.2) is 0 Å². The summed E-state index contributed by atoms with van der Waals surface area (Å²) in [5.41, 5.74) is -0.804. The molecule has 0 spiro atoms.